The summed E-state index contributed by atoms with van der Waals surface area (Å²) in [5.74, 6) is 0. The molecule has 2 aromatic carbocycles. The van der Waals surface area contributed by atoms with Crippen LogP contribution < -0.4 is 0 Å². The van der Waals surface area contributed by atoms with E-state index in [1.54, 1.807) is 0 Å². The number of benzene rings is 2. The van der Waals surface area contributed by atoms with Crippen molar-refractivity contribution in [2.75, 3.05) is 0 Å². The normalized spacial score (nSPS) is 10.5. The van der Waals surface area contributed by atoms with Crippen LogP contribution in [0.5, 0.6) is 0 Å². The molecule has 0 amide bonds. The summed E-state index contributed by atoms with van der Waals surface area (Å²) in [6, 6.07) is 12.9. The van der Waals surface area contributed by atoms with E-state index < -0.39 is 0 Å². The highest BCUT2D eigenvalue weighted by atomic mass is 127. The van der Waals surface area contributed by atoms with Gasteiger partial charge in [-0.25, -0.2) is 0 Å². The number of halogens is 4. The molecule has 0 unspecified atom stereocenters. The van der Waals surface area contributed by atoms with Crippen LogP contribution in [0.25, 0.3) is 11.1 Å². The van der Waals surface area contributed by atoms with Gasteiger partial charge in [0.25, 0.3) is 0 Å². The van der Waals surface area contributed by atoms with Gasteiger partial charge >= 0.3 is 0 Å². The second-order valence-corrected chi connectivity index (χ2v) is 7.84. The zero-order chi connectivity index (χ0) is 11.7. The first kappa shape index (κ1) is 13.8. The van der Waals surface area contributed by atoms with E-state index in [0.29, 0.717) is 0 Å². The first-order valence-corrected chi connectivity index (χ1v) is 8.81. The van der Waals surface area contributed by atoms with Crippen molar-refractivity contribution in [1.82, 2.24) is 0 Å². The summed E-state index contributed by atoms with van der Waals surface area (Å²) in [4.78, 5) is 0. The number of rotatable bonds is 1. The number of hydrogen-bond acceptors (Lipinski definition) is 0. The molecule has 0 atom stereocenters. The molecular formula is C12H6I4. The van der Waals surface area contributed by atoms with Crippen LogP contribution in [0.3, 0.4) is 0 Å². The molecule has 0 aliphatic carbocycles. The minimum absolute atomic E-state index is 1.31. The highest BCUT2D eigenvalue weighted by Crippen LogP contribution is 2.36. The minimum Gasteiger partial charge on any atom is -0.0601 e. The molecule has 0 aliphatic heterocycles. The molecule has 2 rings (SSSR count). The lowest BCUT2D eigenvalue weighted by Gasteiger charge is -2.11. The van der Waals surface area contributed by atoms with Gasteiger partial charge < -0.3 is 0 Å². The fourth-order valence-corrected chi connectivity index (χ4v) is 5.58. The lowest BCUT2D eigenvalue weighted by molar-refractivity contribution is 1.49. The maximum Gasteiger partial charge on any atom is 0.0220 e. The molecule has 0 heterocycles. The summed E-state index contributed by atoms with van der Waals surface area (Å²) < 4.78 is 5.25. The lowest BCUT2D eigenvalue weighted by Crippen LogP contribution is -1.93. The average molecular weight is 658 g/mol. The smallest absolute Gasteiger partial charge is 0.0220 e. The molecule has 0 aromatic heterocycles. The highest BCUT2D eigenvalue weighted by molar-refractivity contribution is 14.1. The molecule has 0 N–H and O–H groups in total. The van der Waals surface area contributed by atoms with Crippen molar-refractivity contribution < 1.29 is 0 Å². The molecule has 0 aliphatic rings. The van der Waals surface area contributed by atoms with Crippen LogP contribution in [-0.2, 0) is 0 Å². The van der Waals surface area contributed by atoms with Gasteiger partial charge in [0.05, 0.1) is 0 Å². The van der Waals surface area contributed by atoms with E-state index in [9.17, 15) is 0 Å². The third kappa shape index (κ3) is 2.85. The van der Waals surface area contributed by atoms with Gasteiger partial charge in [-0.3, -0.25) is 0 Å². The maximum absolute atomic E-state index is 2.41. The van der Waals surface area contributed by atoms with E-state index >= 15 is 0 Å². The standard InChI is InChI=1S/C12H6I4/c13-7-3-1-4-8(14)11(7)12-9(15)5-2-6-10(12)16/h1-6H. The minimum atomic E-state index is 1.31. The fourth-order valence-electron chi connectivity index (χ4n) is 1.47. The summed E-state index contributed by atoms with van der Waals surface area (Å²) in [7, 11) is 0. The average Bonchev–Trinajstić information content (AvgIpc) is 2.21. The van der Waals surface area contributed by atoms with Gasteiger partial charge in [0.1, 0.15) is 0 Å². The van der Waals surface area contributed by atoms with Crippen molar-refractivity contribution in [2.24, 2.45) is 0 Å². The van der Waals surface area contributed by atoms with Crippen LogP contribution >= 0.6 is 90.4 Å². The van der Waals surface area contributed by atoms with Crippen molar-refractivity contribution in [3.8, 4) is 11.1 Å². The first-order valence-electron chi connectivity index (χ1n) is 4.49. The highest BCUT2D eigenvalue weighted by Gasteiger charge is 2.13. The molecule has 0 radical (unpaired) electrons. The van der Waals surface area contributed by atoms with E-state index in [1.807, 2.05) is 0 Å². The molecule has 0 saturated heterocycles. The Labute approximate surface area is 150 Å². The van der Waals surface area contributed by atoms with Gasteiger partial charge in [-0.1, -0.05) is 12.1 Å². The van der Waals surface area contributed by atoms with Gasteiger partial charge in [-0.2, -0.15) is 0 Å². The van der Waals surface area contributed by atoms with Gasteiger partial charge in [-0.05, 0) is 115 Å². The Morgan fingerprint density at radius 3 is 1.00 bits per heavy atom. The van der Waals surface area contributed by atoms with Crippen molar-refractivity contribution >= 4 is 90.4 Å². The Balaban J connectivity index is 2.77. The first-order chi connectivity index (χ1) is 7.61. The zero-order valence-corrected chi connectivity index (χ0v) is 16.6. The summed E-state index contributed by atoms with van der Waals surface area (Å²) >= 11 is 9.65. The van der Waals surface area contributed by atoms with Crippen LogP contribution in [0.1, 0.15) is 0 Å². The Hall–Kier alpha value is 1.36. The van der Waals surface area contributed by atoms with Crippen LogP contribution in [0.15, 0.2) is 36.4 Å². The molecule has 0 saturated carbocycles. The fraction of sp³-hybridized carbons (Fsp3) is 0. The zero-order valence-electron chi connectivity index (χ0n) is 7.98. The third-order valence-corrected chi connectivity index (χ3v) is 5.77. The molecular weight excluding hydrogens is 652 g/mol. The molecule has 0 nitrogen and oxygen atoms in total. The molecule has 2 aromatic rings. The molecule has 4 heteroatoms. The monoisotopic (exact) mass is 658 g/mol. The molecule has 0 fully saturated rings. The van der Waals surface area contributed by atoms with Crippen LogP contribution in [0.2, 0.25) is 0 Å². The Morgan fingerprint density at radius 2 is 0.750 bits per heavy atom. The van der Waals surface area contributed by atoms with Crippen LogP contribution in [-0.4, -0.2) is 0 Å². The van der Waals surface area contributed by atoms with Crippen LogP contribution in [0.4, 0.5) is 0 Å². The van der Waals surface area contributed by atoms with Gasteiger partial charge in [0.15, 0.2) is 0 Å². The van der Waals surface area contributed by atoms with Crippen molar-refractivity contribution in [2.45, 2.75) is 0 Å². The number of hydrogen-bond donors (Lipinski definition) is 0. The predicted molar refractivity (Wildman–Crippen MR) is 103 cm³/mol. The summed E-state index contributed by atoms with van der Waals surface area (Å²) in [6.45, 7) is 0. The van der Waals surface area contributed by atoms with E-state index in [-0.39, 0.29) is 0 Å². The summed E-state index contributed by atoms with van der Waals surface area (Å²) in [6.07, 6.45) is 0. The quantitative estimate of drug-likeness (QED) is 0.342. The van der Waals surface area contributed by atoms with Gasteiger partial charge in [0.2, 0.25) is 0 Å². The van der Waals surface area contributed by atoms with E-state index in [0.717, 1.165) is 0 Å². The SMILES string of the molecule is Ic1cccc(I)c1-c1c(I)cccc1I. The molecule has 0 bridgehead atoms. The van der Waals surface area contributed by atoms with Gasteiger partial charge in [-0.15, -0.1) is 0 Å². The third-order valence-electron chi connectivity index (χ3n) is 2.18. The topological polar surface area (TPSA) is 0 Å². The summed E-state index contributed by atoms with van der Waals surface area (Å²) in [5.41, 5.74) is 2.72. The van der Waals surface area contributed by atoms with E-state index in [4.69, 9.17) is 0 Å². The largest absolute Gasteiger partial charge is 0.0601 e. The Morgan fingerprint density at radius 1 is 0.500 bits per heavy atom. The molecule has 82 valence electrons. The predicted octanol–water partition coefficient (Wildman–Crippen LogP) is 5.77. The van der Waals surface area contributed by atoms with E-state index in [2.05, 4.69) is 127 Å². The Kier molecular flexibility index (Phi) is 5.17. The van der Waals surface area contributed by atoms with Crippen molar-refractivity contribution in [3.05, 3.63) is 50.7 Å². The van der Waals surface area contributed by atoms with E-state index in [1.165, 1.54) is 25.4 Å². The molecule has 0 spiro atoms. The summed E-state index contributed by atoms with van der Waals surface area (Å²) in [5, 5.41) is 0. The molecule has 16 heavy (non-hydrogen) atoms. The maximum atomic E-state index is 2.41. The lowest BCUT2D eigenvalue weighted by atomic mass is 10.1. The van der Waals surface area contributed by atoms with Crippen molar-refractivity contribution in [3.63, 3.8) is 0 Å². The second kappa shape index (κ2) is 6.00. The van der Waals surface area contributed by atoms with Crippen molar-refractivity contribution in [1.29, 1.82) is 0 Å². The second-order valence-electron chi connectivity index (χ2n) is 3.19. The van der Waals surface area contributed by atoms with Gasteiger partial charge in [0, 0.05) is 25.4 Å². The van der Waals surface area contributed by atoms with Crippen LogP contribution in [0, 0.1) is 14.3 Å². The Bertz CT molecular complexity index is 445.